The molecule has 2 aromatic carbocycles. The Bertz CT molecular complexity index is 1390. The highest BCUT2D eigenvalue weighted by molar-refractivity contribution is 7.92. The van der Waals surface area contributed by atoms with Crippen molar-refractivity contribution < 1.29 is 36.2 Å². The Hall–Kier alpha value is -2.99. The minimum atomic E-state index is -4.06. The van der Waals surface area contributed by atoms with Crippen LogP contribution in [0.2, 0.25) is 0 Å². The van der Waals surface area contributed by atoms with Gasteiger partial charge in [0.05, 0.1) is 16.3 Å². The largest absolute Gasteiger partial charge is 0.505 e. The molecule has 2 N–H and O–H groups in total. The van der Waals surface area contributed by atoms with Crippen molar-refractivity contribution in [3.63, 3.8) is 0 Å². The number of phenolic OH excluding ortho intramolecular Hbond substituents is 1. The van der Waals surface area contributed by atoms with Crippen LogP contribution in [0.25, 0.3) is 0 Å². The summed E-state index contributed by atoms with van der Waals surface area (Å²) in [5.41, 5.74) is 0.693. The topological polar surface area (TPSA) is 139 Å². The number of phenols is 1. The molecule has 10 nitrogen and oxygen atoms in total. The van der Waals surface area contributed by atoms with Gasteiger partial charge in [-0.2, -0.15) is 0 Å². The number of benzene rings is 2. The lowest BCUT2D eigenvalue weighted by Crippen LogP contribution is -2.36. The molecule has 3 rings (SSSR count). The van der Waals surface area contributed by atoms with Crippen molar-refractivity contribution in [3.8, 4) is 17.2 Å². The second-order valence-corrected chi connectivity index (χ2v) is 14.6. The lowest BCUT2D eigenvalue weighted by atomic mass is 9.99. The van der Waals surface area contributed by atoms with E-state index in [2.05, 4.69) is 5.32 Å². The van der Waals surface area contributed by atoms with E-state index < -0.39 is 25.8 Å². The third-order valence-corrected chi connectivity index (χ3v) is 9.07. The molecule has 0 bridgehead atoms. The molecule has 1 unspecified atom stereocenters. The fraction of sp³-hybridized carbons (Fsp3) is 0.519. The van der Waals surface area contributed by atoms with Crippen LogP contribution in [0.5, 0.6) is 17.2 Å². The summed E-state index contributed by atoms with van der Waals surface area (Å²) in [6.07, 6.45) is 1.45. The Morgan fingerprint density at radius 1 is 1.03 bits per heavy atom. The smallest absolute Gasteiger partial charge is 0.264 e. The quantitative estimate of drug-likeness (QED) is 0.389. The van der Waals surface area contributed by atoms with Gasteiger partial charge in [0.2, 0.25) is 5.91 Å². The van der Waals surface area contributed by atoms with E-state index >= 15 is 0 Å². The number of nitrogens with zero attached hydrogens (tertiary/aromatic N) is 1. The monoisotopic (exact) mass is 582 g/mol. The molecule has 2 aromatic rings. The van der Waals surface area contributed by atoms with Crippen LogP contribution in [0.1, 0.15) is 33.3 Å². The third-order valence-electron chi connectivity index (χ3n) is 6.19. The predicted octanol–water partition coefficient (Wildman–Crippen LogP) is 2.99. The van der Waals surface area contributed by atoms with Gasteiger partial charge in [0.1, 0.15) is 28.8 Å². The van der Waals surface area contributed by atoms with Crippen LogP contribution in [0.15, 0.2) is 41.3 Å². The van der Waals surface area contributed by atoms with E-state index in [9.17, 15) is 26.7 Å². The number of ether oxygens (including phenoxy) is 2. The first kappa shape index (κ1) is 30.6. The van der Waals surface area contributed by atoms with Gasteiger partial charge >= 0.3 is 0 Å². The number of nitrogens with one attached hydrogen (secondary N) is 1. The molecular formula is C27H38N2O8S2. The van der Waals surface area contributed by atoms with Crippen LogP contribution < -0.4 is 19.1 Å². The summed E-state index contributed by atoms with van der Waals surface area (Å²) in [6.45, 7) is 8.34. The van der Waals surface area contributed by atoms with Gasteiger partial charge in [0.25, 0.3) is 10.0 Å². The highest BCUT2D eigenvalue weighted by Crippen LogP contribution is 2.38. The molecule has 1 heterocycles. The maximum absolute atomic E-state index is 13.8. The van der Waals surface area contributed by atoms with Gasteiger partial charge in [0.15, 0.2) is 11.5 Å². The molecule has 0 saturated carbocycles. The molecule has 1 aliphatic rings. The predicted molar refractivity (Wildman–Crippen MR) is 150 cm³/mol. The van der Waals surface area contributed by atoms with Crippen molar-refractivity contribution in [2.75, 3.05) is 42.6 Å². The average Bonchev–Trinajstić information content (AvgIpc) is 2.85. The Balaban J connectivity index is 1.82. The van der Waals surface area contributed by atoms with Crippen LogP contribution in [-0.2, 0) is 31.1 Å². The van der Waals surface area contributed by atoms with Crippen molar-refractivity contribution in [2.24, 2.45) is 17.8 Å². The number of aromatic hydroxyl groups is 1. The number of para-hydroxylation sites is 1. The van der Waals surface area contributed by atoms with Crippen LogP contribution in [-0.4, -0.2) is 66.2 Å². The van der Waals surface area contributed by atoms with E-state index in [0.29, 0.717) is 36.7 Å². The molecule has 0 aromatic heterocycles. The first-order valence-electron chi connectivity index (χ1n) is 12.9. The normalized spacial score (nSPS) is 15.0. The van der Waals surface area contributed by atoms with Gasteiger partial charge in [0, 0.05) is 31.3 Å². The molecule has 0 spiro atoms. The summed E-state index contributed by atoms with van der Waals surface area (Å²) < 4.78 is 62.9. The van der Waals surface area contributed by atoms with Crippen LogP contribution in [0, 0.1) is 17.8 Å². The summed E-state index contributed by atoms with van der Waals surface area (Å²) in [5.74, 6) is -0.754. The molecular weight excluding hydrogens is 544 g/mol. The fourth-order valence-electron chi connectivity index (χ4n) is 4.34. The number of carbonyl (C=O) groups excluding carboxylic acids is 1. The Labute approximate surface area is 231 Å². The summed E-state index contributed by atoms with van der Waals surface area (Å²) >= 11 is 0. The first-order valence-corrected chi connectivity index (χ1v) is 16.4. The van der Waals surface area contributed by atoms with Crippen LogP contribution in [0.3, 0.4) is 0 Å². The number of hydrogen-bond donors (Lipinski definition) is 2. The zero-order valence-electron chi connectivity index (χ0n) is 23.0. The second kappa shape index (κ2) is 12.5. The first-order chi connectivity index (χ1) is 18.2. The summed E-state index contributed by atoms with van der Waals surface area (Å²) in [6, 6.07) is 9.44. The minimum absolute atomic E-state index is 0.0245. The number of hydrogen-bond acceptors (Lipinski definition) is 8. The van der Waals surface area contributed by atoms with Crippen molar-refractivity contribution in [3.05, 3.63) is 42.0 Å². The Morgan fingerprint density at radius 2 is 1.69 bits per heavy atom. The van der Waals surface area contributed by atoms with Crippen molar-refractivity contribution >= 4 is 31.5 Å². The van der Waals surface area contributed by atoms with E-state index in [1.165, 1.54) is 16.4 Å². The summed E-state index contributed by atoms with van der Waals surface area (Å²) in [4.78, 5) is 12.3. The zero-order valence-corrected chi connectivity index (χ0v) is 24.6. The maximum Gasteiger partial charge on any atom is 0.264 e. The van der Waals surface area contributed by atoms with Crippen molar-refractivity contribution in [1.29, 1.82) is 0 Å². The number of carbonyl (C=O) groups is 1. The van der Waals surface area contributed by atoms with Gasteiger partial charge in [-0.3, -0.25) is 9.10 Å². The number of rotatable bonds is 12. The Morgan fingerprint density at radius 3 is 2.33 bits per heavy atom. The molecule has 1 amide bonds. The average molecular weight is 583 g/mol. The molecule has 39 heavy (non-hydrogen) atoms. The van der Waals surface area contributed by atoms with Crippen LogP contribution >= 0.6 is 0 Å². The van der Waals surface area contributed by atoms with Gasteiger partial charge in [-0.15, -0.1) is 0 Å². The SMILES string of the molecule is CC(C)CN(c1cccc(CC(C)CNC(=O)[C@@H](C)CS(C)(=O)=O)c1O)S(=O)(=O)c1ccc2c(c1)OCCO2. The molecule has 0 saturated heterocycles. The summed E-state index contributed by atoms with van der Waals surface area (Å²) in [7, 11) is -7.35. The van der Waals surface area contributed by atoms with E-state index in [1.54, 1.807) is 31.2 Å². The van der Waals surface area contributed by atoms with E-state index in [1.807, 2.05) is 20.8 Å². The maximum atomic E-state index is 13.8. The van der Waals surface area contributed by atoms with Crippen molar-refractivity contribution in [2.45, 2.75) is 39.0 Å². The molecule has 0 aliphatic carbocycles. The van der Waals surface area contributed by atoms with Gasteiger partial charge in [-0.1, -0.05) is 39.8 Å². The highest BCUT2D eigenvalue weighted by atomic mass is 32.2. The molecule has 1 aliphatic heterocycles. The van der Waals surface area contributed by atoms with Crippen LogP contribution in [0.4, 0.5) is 5.69 Å². The number of amides is 1. The summed E-state index contributed by atoms with van der Waals surface area (Å²) in [5, 5.41) is 14.0. The lowest BCUT2D eigenvalue weighted by molar-refractivity contribution is -0.124. The minimum Gasteiger partial charge on any atom is -0.505 e. The number of anilines is 1. The van der Waals surface area contributed by atoms with E-state index in [4.69, 9.17) is 9.47 Å². The van der Waals surface area contributed by atoms with Gasteiger partial charge in [-0.05, 0) is 42.0 Å². The molecule has 0 radical (unpaired) electrons. The van der Waals surface area contributed by atoms with Gasteiger partial charge in [-0.25, -0.2) is 16.8 Å². The molecule has 12 heteroatoms. The van der Waals surface area contributed by atoms with E-state index in [0.717, 1.165) is 6.26 Å². The molecule has 2 atom stereocenters. The van der Waals surface area contributed by atoms with E-state index in [-0.39, 0.29) is 52.9 Å². The van der Waals surface area contributed by atoms with Crippen molar-refractivity contribution in [1.82, 2.24) is 5.32 Å². The van der Waals surface area contributed by atoms with Gasteiger partial charge < -0.3 is 19.9 Å². The number of fused-ring (bicyclic) bond motifs is 1. The number of sulfone groups is 1. The second-order valence-electron chi connectivity index (χ2n) is 10.6. The Kier molecular flexibility index (Phi) is 9.76. The lowest BCUT2D eigenvalue weighted by Gasteiger charge is -2.28. The standard InChI is InChI=1S/C27H38N2O8S2/c1-18(2)16-29(39(34,35)22-9-10-24-25(14-22)37-12-11-36-24)23-8-6-7-21(26(23)30)13-19(3)15-28-27(31)20(4)17-38(5,32)33/h6-10,14,18-20,30H,11-13,15-17H2,1-5H3,(H,28,31)/t19?,20-/m0/s1. The zero-order chi connectivity index (χ0) is 29.0. The molecule has 216 valence electrons. The third kappa shape index (κ3) is 8.01. The number of sulfonamides is 1. The highest BCUT2D eigenvalue weighted by Gasteiger charge is 2.30. The fourth-order valence-corrected chi connectivity index (χ4v) is 7.05. The molecule has 0 fully saturated rings.